The first-order valence-electron chi connectivity index (χ1n) is 15.1. The Morgan fingerprint density at radius 3 is 2.77 bits per heavy atom. The second-order valence-electron chi connectivity index (χ2n) is 13.6. The number of fused-ring (bicyclic) bond motifs is 7. The molecule has 0 radical (unpaired) electrons. The molecule has 7 rings (SSSR count). The SMILES string of the molecule is COc1c2c(cc3c1C(CC(=O)C1=CCC4C5CC=C6CC(O)CC[C@]6(C)C5CC[C@]14C)N(C)CC3)OCO2. The molecule has 2 saturated carbocycles. The van der Waals surface area contributed by atoms with Gasteiger partial charge in [-0.15, -0.1) is 0 Å². The predicted octanol–water partition coefficient (Wildman–Crippen LogP) is 5.77. The van der Waals surface area contributed by atoms with Gasteiger partial charge in [0.05, 0.1) is 13.2 Å². The summed E-state index contributed by atoms with van der Waals surface area (Å²) in [5, 5.41) is 10.3. The molecule has 0 bridgehead atoms. The maximum atomic E-state index is 14.2. The fourth-order valence-electron chi connectivity index (χ4n) is 9.71. The molecule has 0 spiro atoms. The Labute approximate surface area is 232 Å². The Bertz CT molecular complexity index is 1270. The first-order chi connectivity index (χ1) is 18.7. The predicted molar refractivity (Wildman–Crippen MR) is 149 cm³/mol. The van der Waals surface area contributed by atoms with Gasteiger partial charge < -0.3 is 19.3 Å². The molecule has 4 aliphatic carbocycles. The van der Waals surface area contributed by atoms with Crippen molar-refractivity contribution in [1.82, 2.24) is 4.90 Å². The average Bonchev–Trinajstić information content (AvgIpc) is 3.53. The lowest BCUT2D eigenvalue weighted by atomic mass is 9.47. The van der Waals surface area contributed by atoms with E-state index in [0.717, 1.165) is 74.1 Å². The second kappa shape index (κ2) is 9.10. The Morgan fingerprint density at radius 2 is 1.95 bits per heavy atom. The lowest BCUT2D eigenvalue weighted by molar-refractivity contribution is -0.119. The number of hydrogen-bond donors (Lipinski definition) is 1. The van der Waals surface area contributed by atoms with E-state index in [2.05, 4.69) is 44.0 Å². The molecule has 0 aromatic heterocycles. The summed E-state index contributed by atoms with van der Waals surface area (Å²) in [6, 6.07) is 2.05. The van der Waals surface area contributed by atoms with Gasteiger partial charge in [0.25, 0.3) is 0 Å². The van der Waals surface area contributed by atoms with Crippen LogP contribution in [0.25, 0.3) is 0 Å². The molecule has 1 aromatic rings. The molecule has 6 heteroatoms. The third kappa shape index (κ3) is 3.70. The molecule has 0 saturated heterocycles. The van der Waals surface area contributed by atoms with Gasteiger partial charge >= 0.3 is 0 Å². The van der Waals surface area contributed by atoms with Gasteiger partial charge in [-0.2, -0.15) is 0 Å². The van der Waals surface area contributed by atoms with Crippen molar-refractivity contribution in [1.29, 1.82) is 0 Å². The quantitative estimate of drug-likeness (QED) is 0.496. The van der Waals surface area contributed by atoms with Gasteiger partial charge in [-0.25, -0.2) is 0 Å². The molecule has 2 heterocycles. The number of aliphatic hydroxyl groups is 1. The fourth-order valence-corrected chi connectivity index (χ4v) is 9.71. The fraction of sp³-hybridized carbons (Fsp3) is 0.667. The second-order valence-corrected chi connectivity index (χ2v) is 13.6. The van der Waals surface area contributed by atoms with Crippen LogP contribution in [0.4, 0.5) is 0 Å². The van der Waals surface area contributed by atoms with Crippen LogP contribution in [-0.2, 0) is 11.2 Å². The van der Waals surface area contributed by atoms with Crippen LogP contribution >= 0.6 is 0 Å². The van der Waals surface area contributed by atoms with E-state index < -0.39 is 0 Å². The summed E-state index contributed by atoms with van der Waals surface area (Å²) < 4.78 is 17.4. The number of benzene rings is 1. The van der Waals surface area contributed by atoms with E-state index in [1.807, 2.05) is 0 Å². The molecule has 39 heavy (non-hydrogen) atoms. The molecule has 0 amide bonds. The maximum absolute atomic E-state index is 14.2. The summed E-state index contributed by atoms with van der Waals surface area (Å²) in [6.07, 6.45) is 13.2. The molecule has 7 atom stereocenters. The number of rotatable bonds is 4. The molecule has 210 valence electrons. The highest BCUT2D eigenvalue weighted by Crippen LogP contribution is 2.65. The number of carbonyl (C=O) groups is 1. The summed E-state index contributed by atoms with van der Waals surface area (Å²) in [5.74, 6) is 4.24. The monoisotopic (exact) mass is 533 g/mol. The van der Waals surface area contributed by atoms with Crippen LogP contribution in [0.5, 0.6) is 17.2 Å². The molecule has 6 nitrogen and oxygen atoms in total. The first kappa shape index (κ1) is 25.6. The molecular formula is C33H43NO5. The summed E-state index contributed by atoms with van der Waals surface area (Å²) in [4.78, 5) is 16.5. The van der Waals surface area contributed by atoms with Crippen LogP contribution < -0.4 is 14.2 Å². The van der Waals surface area contributed by atoms with Crippen molar-refractivity contribution in [2.24, 2.45) is 28.6 Å². The molecule has 2 fully saturated rings. The van der Waals surface area contributed by atoms with Gasteiger partial charge in [0, 0.05) is 24.6 Å². The zero-order valence-corrected chi connectivity index (χ0v) is 23.9. The van der Waals surface area contributed by atoms with Gasteiger partial charge in [0.1, 0.15) is 0 Å². The topological polar surface area (TPSA) is 68.2 Å². The van der Waals surface area contributed by atoms with Crippen molar-refractivity contribution in [3.05, 3.63) is 40.5 Å². The number of aliphatic hydroxyl groups excluding tert-OH is 1. The molecule has 6 aliphatic rings. The van der Waals surface area contributed by atoms with Gasteiger partial charge in [0.2, 0.25) is 12.5 Å². The minimum absolute atomic E-state index is 0.0432. The number of carbonyl (C=O) groups excluding carboxylic acids is 1. The number of ketones is 1. The third-order valence-corrected chi connectivity index (χ3v) is 11.9. The minimum Gasteiger partial charge on any atom is -0.492 e. The summed E-state index contributed by atoms with van der Waals surface area (Å²) in [5.41, 5.74) is 5.03. The lowest BCUT2D eigenvalue weighted by Crippen LogP contribution is -2.50. The number of Topliss-reactive ketones (excluding diaryl/α,β-unsaturated/α-hetero) is 1. The molecule has 1 aromatic carbocycles. The van der Waals surface area contributed by atoms with E-state index in [1.165, 1.54) is 17.6 Å². The van der Waals surface area contributed by atoms with Crippen molar-refractivity contribution < 1.29 is 24.1 Å². The highest BCUT2D eigenvalue weighted by molar-refractivity contribution is 5.98. The standard InChI is InChI=1S/C33H43NO5/c1-32-12-9-21(35)16-20(32)5-6-22-23-7-8-25(33(23,2)13-10-24(22)32)27(36)17-26-29-19(11-14-34(26)3)15-28-30(31(29)37-4)39-18-38-28/h5,8,15,21-24,26,35H,6-7,9-14,16-18H2,1-4H3/t21?,22?,23?,24?,26?,32-,33-/m0/s1. The van der Waals surface area contributed by atoms with Crippen molar-refractivity contribution in [3.63, 3.8) is 0 Å². The van der Waals surface area contributed by atoms with E-state index >= 15 is 0 Å². The maximum Gasteiger partial charge on any atom is 0.231 e. The number of allylic oxidation sites excluding steroid dienone is 3. The number of likely N-dealkylation sites (N-methyl/N-ethyl adjacent to an activating group) is 1. The molecule has 5 unspecified atom stereocenters. The van der Waals surface area contributed by atoms with Crippen LogP contribution in [0.2, 0.25) is 0 Å². The van der Waals surface area contributed by atoms with Crippen LogP contribution in [-0.4, -0.2) is 49.4 Å². The summed E-state index contributed by atoms with van der Waals surface area (Å²) in [7, 11) is 3.81. The number of hydrogen-bond acceptors (Lipinski definition) is 6. The van der Waals surface area contributed by atoms with Crippen LogP contribution in [0.15, 0.2) is 29.4 Å². The van der Waals surface area contributed by atoms with Crippen LogP contribution in [0.3, 0.4) is 0 Å². The molecule has 1 N–H and O–H groups in total. The van der Waals surface area contributed by atoms with E-state index in [-0.39, 0.29) is 29.8 Å². The van der Waals surface area contributed by atoms with Gasteiger partial charge in [-0.1, -0.05) is 31.6 Å². The lowest BCUT2D eigenvalue weighted by Gasteiger charge is -2.57. The minimum atomic E-state index is -0.172. The molecule has 2 aliphatic heterocycles. The Kier molecular flexibility index (Phi) is 5.99. The zero-order valence-electron chi connectivity index (χ0n) is 23.9. The van der Waals surface area contributed by atoms with Crippen LogP contribution in [0, 0.1) is 28.6 Å². The highest BCUT2D eigenvalue weighted by atomic mass is 16.7. The summed E-state index contributed by atoms with van der Waals surface area (Å²) >= 11 is 0. The van der Waals surface area contributed by atoms with Crippen LogP contribution in [0.1, 0.15) is 82.4 Å². The van der Waals surface area contributed by atoms with Crippen molar-refractivity contribution in [2.45, 2.75) is 83.8 Å². The molecular weight excluding hydrogens is 490 g/mol. The third-order valence-electron chi connectivity index (χ3n) is 11.9. The van der Waals surface area contributed by atoms with Crippen molar-refractivity contribution in [2.75, 3.05) is 27.5 Å². The largest absolute Gasteiger partial charge is 0.492 e. The van der Waals surface area contributed by atoms with E-state index in [0.29, 0.717) is 35.7 Å². The Morgan fingerprint density at radius 1 is 1.13 bits per heavy atom. The first-order valence-corrected chi connectivity index (χ1v) is 15.1. The van der Waals surface area contributed by atoms with E-state index in [4.69, 9.17) is 14.2 Å². The number of ether oxygens (including phenoxy) is 3. The summed E-state index contributed by atoms with van der Waals surface area (Å²) in [6.45, 7) is 5.96. The zero-order chi connectivity index (χ0) is 27.1. The Balaban J connectivity index is 1.15. The van der Waals surface area contributed by atoms with E-state index in [1.54, 1.807) is 7.11 Å². The van der Waals surface area contributed by atoms with Gasteiger partial charge in [-0.3, -0.25) is 9.69 Å². The normalized spacial score (nSPS) is 38.6. The number of nitrogens with zero attached hydrogens (tertiary/aromatic N) is 1. The van der Waals surface area contributed by atoms with Gasteiger partial charge in [-0.05, 0) is 104 Å². The highest BCUT2D eigenvalue weighted by Gasteiger charge is 2.57. The average molecular weight is 534 g/mol. The Hall–Kier alpha value is -2.31. The van der Waals surface area contributed by atoms with Crippen molar-refractivity contribution in [3.8, 4) is 17.2 Å². The number of methoxy groups -OCH3 is 1. The van der Waals surface area contributed by atoms with Crippen molar-refractivity contribution >= 4 is 5.78 Å². The van der Waals surface area contributed by atoms with Gasteiger partial charge in [0.15, 0.2) is 17.3 Å². The van der Waals surface area contributed by atoms with E-state index in [9.17, 15) is 9.90 Å². The smallest absolute Gasteiger partial charge is 0.231 e.